The van der Waals surface area contributed by atoms with E-state index in [1.165, 1.54) is 12.0 Å². The second-order valence-corrected chi connectivity index (χ2v) is 4.56. The standard InChI is InChI=1S/C16H19NO4/c1-12-6-7-14(13(11-12)5-4-10-18)16(20)17(2)9-8-15(19)21-3/h6-7,11,18H,8-10H2,1-3H3. The summed E-state index contributed by atoms with van der Waals surface area (Å²) < 4.78 is 4.55. The summed E-state index contributed by atoms with van der Waals surface area (Å²) in [5.41, 5.74) is 2.00. The summed E-state index contributed by atoms with van der Waals surface area (Å²) in [5, 5.41) is 8.79. The minimum absolute atomic E-state index is 0.141. The molecule has 0 saturated heterocycles. The van der Waals surface area contributed by atoms with Crippen LogP contribution in [0.15, 0.2) is 18.2 Å². The lowest BCUT2D eigenvalue weighted by atomic mass is 10.0. The highest BCUT2D eigenvalue weighted by Gasteiger charge is 2.16. The van der Waals surface area contributed by atoms with Gasteiger partial charge in [-0.15, -0.1) is 0 Å². The first kappa shape index (κ1) is 16.7. The van der Waals surface area contributed by atoms with Gasteiger partial charge in [0.05, 0.1) is 19.1 Å². The van der Waals surface area contributed by atoms with Gasteiger partial charge in [0.25, 0.3) is 5.91 Å². The van der Waals surface area contributed by atoms with Crippen LogP contribution in [-0.4, -0.2) is 49.2 Å². The summed E-state index contributed by atoms with van der Waals surface area (Å²) in [5.74, 6) is 4.74. The zero-order valence-electron chi connectivity index (χ0n) is 12.5. The van der Waals surface area contributed by atoms with Crippen molar-refractivity contribution in [1.82, 2.24) is 4.90 Å². The second-order valence-electron chi connectivity index (χ2n) is 4.56. The number of benzene rings is 1. The Hall–Kier alpha value is -2.32. The molecule has 0 unspecified atom stereocenters. The molecule has 0 aliphatic rings. The van der Waals surface area contributed by atoms with Crippen LogP contribution >= 0.6 is 0 Å². The number of aliphatic hydroxyl groups excluding tert-OH is 1. The fourth-order valence-electron chi connectivity index (χ4n) is 1.75. The van der Waals surface area contributed by atoms with Crippen molar-refractivity contribution < 1.29 is 19.4 Å². The maximum Gasteiger partial charge on any atom is 0.307 e. The van der Waals surface area contributed by atoms with E-state index in [2.05, 4.69) is 16.6 Å². The Bertz CT molecular complexity index is 584. The average Bonchev–Trinajstić information content (AvgIpc) is 2.49. The molecule has 0 radical (unpaired) electrons. The molecule has 1 aromatic carbocycles. The minimum atomic E-state index is -0.362. The minimum Gasteiger partial charge on any atom is -0.469 e. The maximum absolute atomic E-state index is 12.4. The predicted molar refractivity (Wildman–Crippen MR) is 78.7 cm³/mol. The molecule has 5 nitrogen and oxygen atoms in total. The number of carbonyl (C=O) groups excluding carboxylic acids is 2. The Labute approximate surface area is 124 Å². The Balaban J connectivity index is 2.93. The van der Waals surface area contributed by atoms with Gasteiger partial charge in [-0.25, -0.2) is 0 Å². The van der Waals surface area contributed by atoms with Crippen molar-refractivity contribution in [3.63, 3.8) is 0 Å². The lowest BCUT2D eigenvalue weighted by molar-refractivity contribution is -0.140. The zero-order chi connectivity index (χ0) is 15.8. The molecule has 0 aliphatic carbocycles. The molecule has 112 valence electrons. The molecule has 0 fully saturated rings. The lowest BCUT2D eigenvalue weighted by Crippen LogP contribution is -2.29. The van der Waals surface area contributed by atoms with Crippen LogP contribution < -0.4 is 0 Å². The molecule has 0 heterocycles. The molecule has 0 bridgehead atoms. The molecule has 1 rings (SSSR count). The summed E-state index contributed by atoms with van der Waals surface area (Å²) >= 11 is 0. The number of ether oxygens (including phenoxy) is 1. The van der Waals surface area contributed by atoms with E-state index in [4.69, 9.17) is 5.11 Å². The molecule has 5 heteroatoms. The molecule has 0 atom stereocenters. The summed E-state index contributed by atoms with van der Waals surface area (Å²) in [6.45, 7) is 1.91. The van der Waals surface area contributed by atoms with Crippen LogP contribution in [-0.2, 0) is 9.53 Å². The molecule has 0 aromatic heterocycles. The number of nitrogens with zero attached hydrogens (tertiary/aromatic N) is 1. The van der Waals surface area contributed by atoms with Crippen LogP contribution in [0.5, 0.6) is 0 Å². The van der Waals surface area contributed by atoms with Gasteiger partial charge in [-0.1, -0.05) is 17.9 Å². The smallest absolute Gasteiger partial charge is 0.307 e. The highest BCUT2D eigenvalue weighted by atomic mass is 16.5. The Kier molecular flexibility index (Phi) is 6.44. The van der Waals surface area contributed by atoms with E-state index in [1.807, 2.05) is 13.0 Å². The number of esters is 1. The summed E-state index contributed by atoms with van der Waals surface area (Å²) in [6.07, 6.45) is 0.141. The maximum atomic E-state index is 12.4. The van der Waals surface area contributed by atoms with Gasteiger partial charge in [-0.3, -0.25) is 9.59 Å². The van der Waals surface area contributed by atoms with Crippen molar-refractivity contribution in [2.45, 2.75) is 13.3 Å². The SMILES string of the molecule is COC(=O)CCN(C)C(=O)c1ccc(C)cc1C#CCO. The second kappa shape index (κ2) is 8.08. The number of aryl methyl sites for hydroxylation is 1. The van der Waals surface area contributed by atoms with Crippen LogP contribution in [0.1, 0.15) is 27.9 Å². The van der Waals surface area contributed by atoms with Gasteiger partial charge in [0.2, 0.25) is 0 Å². The van der Waals surface area contributed by atoms with Crippen molar-refractivity contribution in [1.29, 1.82) is 0 Å². The topological polar surface area (TPSA) is 66.8 Å². The van der Waals surface area contributed by atoms with Gasteiger partial charge in [-0.05, 0) is 24.6 Å². The van der Waals surface area contributed by atoms with Crippen molar-refractivity contribution >= 4 is 11.9 Å². The third-order valence-corrected chi connectivity index (χ3v) is 2.93. The van der Waals surface area contributed by atoms with Crippen molar-refractivity contribution in [3.8, 4) is 11.8 Å². The van der Waals surface area contributed by atoms with Gasteiger partial charge in [-0.2, -0.15) is 0 Å². The highest BCUT2D eigenvalue weighted by molar-refractivity contribution is 5.96. The van der Waals surface area contributed by atoms with Gasteiger partial charge in [0.15, 0.2) is 0 Å². The van der Waals surface area contributed by atoms with Crippen LogP contribution in [0.2, 0.25) is 0 Å². The monoisotopic (exact) mass is 289 g/mol. The molecular formula is C16H19NO4. The molecule has 1 aromatic rings. The molecule has 0 spiro atoms. The summed E-state index contributed by atoms with van der Waals surface area (Å²) in [4.78, 5) is 25.0. The first-order valence-corrected chi connectivity index (χ1v) is 6.52. The Morgan fingerprint density at radius 2 is 2.10 bits per heavy atom. The number of hydrogen-bond donors (Lipinski definition) is 1. The fraction of sp³-hybridized carbons (Fsp3) is 0.375. The number of methoxy groups -OCH3 is 1. The molecular weight excluding hydrogens is 270 g/mol. The van der Waals surface area contributed by atoms with E-state index in [-0.39, 0.29) is 31.4 Å². The van der Waals surface area contributed by atoms with Crippen LogP contribution in [0.4, 0.5) is 0 Å². The van der Waals surface area contributed by atoms with Gasteiger partial charge in [0, 0.05) is 19.2 Å². The van der Waals surface area contributed by atoms with Gasteiger partial charge >= 0.3 is 5.97 Å². The van der Waals surface area contributed by atoms with E-state index < -0.39 is 0 Å². The largest absolute Gasteiger partial charge is 0.469 e. The summed E-state index contributed by atoms with van der Waals surface area (Å²) in [7, 11) is 2.93. The zero-order valence-corrected chi connectivity index (χ0v) is 12.5. The van der Waals surface area contributed by atoms with E-state index in [0.29, 0.717) is 11.1 Å². The van der Waals surface area contributed by atoms with E-state index in [9.17, 15) is 9.59 Å². The third-order valence-electron chi connectivity index (χ3n) is 2.93. The quantitative estimate of drug-likeness (QED) is 0.662. The molecule has 21 heavy (non-hydrogen) atoms. The van der Waals surface area contributed by atoms with Gasteiger partial charge < -0.3 is 14.7 Å². The molecule has 1 N–H and O–H groups in total. The van der Waals surface area contributed by atoms with Crippen molar-refractivity contribution in [2.24, 2.45) is 0 Å². The number of carbonyl (C=O) groups is 2. The van der Waals surface area contributed by atoms with Crippen LogP contribution in [0.25, 0.3) is 0 Å². The fourth-order valence-corrected chi connectivity index (χ4v) is 1.75. The first-order chi connectivity index (χ1) is 9.99. The first-order valence-electron chi connectivity index (χ1n) is 6.52. The number of hydrogen-bond acceptors (Lipinski definition) is 4. The number of rotatable bonds is 4. The Morgan fingerprint density at radius 1 is 1.38 bits per heavy atom. The van der Waals surface area contributed by atoms with E-state index >= 15 is 0 Å². The van der Waals surface area contributed by atoms with Crippen LogP contribution in [0.3, 0.4) is 0 Å². The molecule has 1 amide bonds. The van der Waals surface area contributed by atoms with Gasteiger partial charge in [0.1, 0.15) is 6.61 Å². The van der Waals surface area contributed by atoms with Crippen LogP contribution in [0, 0.1) is 18.8 Å². The molecule has 0 saturated carbocycles. The number of aliphatic hydroxyl groups is 1. The third kappa shape index (κ3) is 4.93. The number of amides is 1. The normalized spacial score (nSPS) is 9.52. The van der Waals surface area contributed by atoms with Crippen molar-refractivity contribution in [3.05, 3.63) is 34.9 Å². The predicted octanol–water partition coefficient (Wildman–Crippen LogP) is 0.974. The van der Waals surface area contributed by atoms with E-state index in [1.54, 1.807) is 19.2 Å². The van der Waals surface area contributed by atoms with Crippen molar-refractivity contribution in [2.75, 3.05) is 27.3 Å². The van der Waals surface area contributed by atoms with E-state index in [0.717, 1.165) is 5.56 Å². The lowest BCUT2D eigenvalue weighted by Gasteiger charge is -2.17. The highest BCUT2D eigenvalue weighted by Crippen LogP contribution is 2.13. The summed E-state index contributed by atoms with van der Waals surface area (Å²) in [6, 6.07) is 5.32. The average molecular weight is 289 g/mol. The molecule has 0 aliphatic heterocycles. The Morgan fingerprint density at radius 3 is 2.71 bits per heavy atom.